The Bertz CT molecular complexity index is 1840. The molecule has 3 aromatic heterocycles. The molecular formula is C28H26N10O6S2. The summed E-state index contributed by atoms with van der Waals surface area (Å²) in [5, 5.41) is 34.8. The van der Waals surface area contributed by atoms with Gasteiger partial charge in [0.2, 0.25) is 0 Å². The van der Waals surface area contributed by atoms with E-state index in [0.29, 0.717) is 17.8 Å². The number of amides is 3. The molecule has 1 saturated heterocycles. The van der Waals surface area contributed by atoms with Crippen molar-refractivity contribution in [2.45, 2.75) is 24.9 Å². The van der Waals surface area contributed by atoms with Crippen molar-refractivity contribution < 1.29 is 33.7 Å². The molecule has 16 nitrogen and oxygen atoms in total. The molecule has 0 saturated carbocycles. The number of nitrogens with zero attached hydrogens (tertiary/aromatic N) is 7. The van der Waals surface area contributed by atoms with Gasteiger partial charge in [-0.25, -0.2) is 9.55 Å². The second kappa shape index (κ2) is 13.6. The summed E-state index contributed by atoms with van der Waals surface area (Å²) in [6.07, 6.45) is 8.56. The number of allylic oxidation sites excluding steroid dienone is 2. The first-order valence-corrected chi connectivity index (χ1v) is 15.6. The zero-order valence-corrected chi connectivity index (χ0v) is 26.0. The normalized spacial score (nSPS) is 17.7. The SMILES string of the molecule is CCO/N=C(\C(=O)N[C@@H]1C(=O)N2C(C(=O)[O-])=C(/C=C/C[n+]3ccc(-c4cc(C(=O)NC#N)n(C)n4)cc3)CS[C@H]12)c1csc(N)n1. The Balaban J connectivity index is 1.25. The van der Waals surface area contributed by atoms with Crippen LogP contribution in [0.25, 0.3) is 11.3 Å². The second-order valence-corrected chi connectivity index (χ2v) is 11.7. The first kappa shape index (κ1) is 31.9. The van der Waals surface area contributed by atoms with E-state index >= 15 is 0 Å². The monoisotopic (exact) mass is 662 g/mol. The number of fused-ring (bicyclic) bond motifs is 1. The summed E-state index contributed by atoms with van der Waals surface area (Å²) in [6.45, 7) is 2.27. The number of aliphatic carboxylic acids is 1. The Kier molecular flexibility index (Phi) is 9.44. The van der Waals surface area contributed by atoms with Crippen LogP contribution in [-0.4, -0.2) is 72.8 Å². The van der Waals surface area contributed by atoms with Gasteiger partial charge in [0.15, 0.2) is 36.0 Å². The Morgan fingerprint density at radius 3 is 2.76 bits per heavy atom. The van der Waals surface area contributed by atoms with E-state index in [2.05, 4.69) is 25.9 Å². The number of β-lactam (4-membered cyclic amide) rings is 1. The van der Waals surface area contributed by atoms with E-state index in [1.807, 2.05) is 4.57 Å². The van der Waals surface area contributed by atoms with Crippen molar-refractivity contribution in [2.24, 2.45) is 12.2 Å². The summed E-state index contributed by atoms with van der Waals surface area (Å²) >= 11 is 2.42. The molecule has 0 aliphatic carbocycles. The van der Waals surface area contributed by atoms with E-state index in [1.165, 1.54) is 21.8 Å². The zero-order chi connectivity index (χ0) is 33.0. The van der Waals surface area contributed by atoms with Crippen molar-refractivity contribution in [3.8, 4) is 17.5 Å². The van der Waals surface area contributed by atoms with Crippen LogP contribution in [0.4, 0.5) is 5.13 Å². The van der Waals surface area contributed by atoms with Crippen LogP contribution < -0.4 is 26.0 Å². The van der Waals surface area contributed by atoms with Crippen molar-refractivity contribution in [3.63, 3.8) is 0 Å². The minimum absolute atomic E-state index is 0.153. The lowest BCUT2D eigenvalue weighted by atomic mass is 10.0. The van der Waals surface area contributed by atoms with E-state index < -0.39 is 35.1 Å². The van der Waals surface area contributed by atoms with Gasteiger partial charge in [-0.05, 0) is 24.6 Å². The van der Waals surface area contributed by atoms with E-state index in [0.717, 1.165) is 21.8 Å². The molecule has 2 aliphatic heterocycles. The third-order valence-electron chi connectivity index (χ3n) is 6.85. The average Bonchev–Trinajstić information content (AvgIpc) is 3.65. The smallest absolute Gasteiger partial charge is 0.282 e. The molecule has 5 rings (SSSR count). The summed E-state index contributed by atoms with van der Waals surface area (Å²) in [7, 11) is 1.60. The highest BCUT2D eigenvalue weighted by atomic mass is 32.2. The van der Waals surface area contributed by atoms with Crippen LogP contribution in [0.15, 0.2) is 64.6 Å². The van der Waals surface area contributed by atoms with E-state index in [9.17, 15) is 24.3 Å². The number of oxime groups is 1. The number of nitrogens with one attached hydrogen (secondary N) is 2. The van der Waals surface area contributed by atoms with Crippen LogP contribution in [0.2, 0.25) is 0 Å². The van der Waals surface area contributed by atoms with Crippen molar-refractivity contribution in [1.82, 2.24) is 30.3 Å². The number of hydrogen-bond donors (Lipinski definition) is 3. The molecule has 2 aliphatic rings. The average molecular weight is 663 g/mol. The Labute approximate surface area is 269 Å². The number of carbonyl (C=O) groups is 4. The quantitative estimate of drug-likeness (QED) is 0.0565. The van der Waals surface area contributed by atoms with Gasteiger partial charge < -0.3 is 25.8 Å². The molecule has 0 bridgehead atoms. The molecule has 0 unspecified atom stereocenters. The summed E-state index contributed by atoms with van der Waals surface area (Å²) in [4.78, 5) is 60.5. The summed E-state index contributed by atoms with van der Waals surface area (Å²) in [6, 6.07) is 4.18. The lowest BCUT2D eigenvalue weighted by Crippen LogP contribution is -2.71. The first-order valence-electron chi connectivity index (χ1n) is 13.6. The highest BCUT2D eigenvalue weighted by Crippen LogP contribution is 2.40. The largest absolute Gasteiger partial charge is 0.543 e. The van der Waals surface area contributed by atoms with Gasteiger partial charge in [-0.1, -0.05) is 11.2 Å². The Hall–Kier alpha value is -5.54. The molecule has 18 heteroatoms. The van der Waals surface area contributed by atoms with Gasteiger partial charge in [0.25, 0.3) is 17.7 Å². The fourth-order valence-corrected chi connectivity index (χ4v) is 6.57. The van der Waals surface area contributed by atoms with Crippen LogP contribution >= 0.6 is 23.1 Å². The number of thioether (sulfide) groups is 1. The molecule has 236 valence electrons. The van der Waals surface area contributed by atoms with Gasteiger partial charge in [-0.3, -0.25) is 29.3 Å². The zero-order valence-electron chi connectivity index (χ0n) is 24.4. The molecule has 0 aromatic carbocycles. The van der Waals surface area contributed by atoms with Crippen LogP contribution in [-0.2, 0) is 32.8 Å². The molecule has 1 fully saturated rings. The van der Waals surface area contributed by atoms with Crippen molar-refractivity contribution >= 4 is 57.6 Å². The predicted octanol–water partition coefficient (Wildman–Crippen LogP) is -0.975. The minimum Gasteiger partial charge on any atom is -0.543 e. The maximum Gasteiger partial charge on any atom is 0.282 e. The topological polar surface area (TPSA) is 225 Å². The molecule has 0 spiro atoms. The molecular weight excluding hydrogens is 637 g/mol. The maximum atomic E-state index is 13.1. The van der Waals surface area contributed by atoms with Crippen LogP contribution in [0.1, 0.15) is 23.1 Å². The highest BCUT2D eigenvalue weighted by molar-refractivity contribution is 8.00. The molecule has 3 aromatic rings. The fraction of sp³-hybridized carbons (Fsp3) is 0.250. The summed E-state index contributed by atoms with van der Waals surface area (Å²) in [5.74, 6) is -3.12. The first-order chi connectivity index (χ1) is 22.1. The molecule has 2 atom stereocenters. The lowest BCUT2D eigenvalue weighted by Gasteiger charge is -2.50. The van der Waals surface area contributed by atoms with Crippen molar-refractivity contribution in [3.05, 3.63) is 70.8 Å². The fourth-order valence-electron chi connectivity index (χ4n) is 4.70. The molecule has 0 radical (unpaired) electrons. The minimum atomic E-state index is -1.50. The Morgan fingerprint density at radius 1 is 1.35 bits per heavy atom. The third kappa shape index (κ3) is 6.45. The van der Waals surface area contributed by atoms with Gasteiger partial charge >= 0.3 is 0 Å². The van der Waals surface area contributed by atoms with Gasteiger partial charge in [0.1, 0.15) is 29.4 Å². The number of thiazole rings is 1. The Morgan fingerprint density at radius 2 is 2.11 bits per heavy atom. The summed E-state index contributed by atoms with van der Waals surface area (Å²) < 4.78 is 3.22. The number of carboxylic acids is 1. The number of aromatic nitrogens is 4. The standard InChI is InChI=1S/C28H26N10O6S2/c1-3-44-35-20(18-13-46-28(30)32-18)24(40)33-21-25(41)38-22(27(42)43)16(12-45-26(21)38)5-4-8-37-9-6-15(7-10-37)17-11-19(36(2)34-17)23(39)31-14-29/h4-7,9-11,13,21,26H,3,8,12H2,1-2H3,(H4-,30,31,32,33,39,40,42,43)/b5-4+,35-20-/t21-,26-/m1/s1. The van der Waals surface area contributed by atoms with Crippen LogP contribution in [0, 0.1) is 11.5 Å². The number of aryl methyl sites for hydroxylation is 1. The van der Waals surface area contributed by atoms with Gasteiger partial charge in [0, 0.05) is 35.9 Å². The van der Waals surface area contributed by atoms with Gasteiger partial charge in [-0.15, -0.1) is 23.1 Å². The number of carboxylic acid groups (broad SMARTS) is 1. The number of carbonyl (C=O) groups excluding carboxylic acids is 4. The molecule has 3 amide bonds. The predicted molar refractivity (Wildman–Crippen MR) is 163 cm³/mol. The third-order valence-corrected chi connectivity index (χ3v) is 8.82. The maximum absolute atomic E-state index is 13.1. The number of nitrogens with two attached hydrogens (primary N) is 1. The number of hydrogen-bond acceptors (Lipinski definition) is 13. The van der Waals surface area contributed by atoms with Crippen molar-refractivity contribution in [2.75, 3.05) is 18.1 Å². The molecule has 46 heavy (non-hydrogen) atoms. The van der Waals surface area contributed by atoms with Gasteiger partial charge in [-0.2, -0.15) is 10.4 Å². The highest BCUT2D eigenvalue weighted by Gasteiger charge is 2.53. The van der Waals surface area contributed by atoms with Crippen molar-refractivity contribution in [1.29, 1.82) is 5.26 Å². The van der Waals surface area contributed by atoms with E-state index in [4.69, 9.17) is 15.8 Å². The van der Waals surface area contributed by atoms with Gasteiger partial charge in [0.05, 0.1) is 17.4 Å². The summed E-state index contributed by atoms with van der Waals surface area (Å²) in [5.41, 5.74) is 7.39. The molecule has 4 N–H and O–H groups in total. The number of anilines is 1. The number of nitrogen functional groups attached to an aromatic ring is 1. The number of rotatable bonds is 11. The number of pyridine rings is 1. The van der Waals surface area contributed by atoms with E-state index in [1.54, 1.807) is 62.9 Å². The van der Waals surface area contributed by atoms with Crippen LogP contribution in [0.3, 0.4) is 0 Å². The number of nitriles is 1. The second-order valence-electron chi connectivity index (χ2n) is 9.74. The molecule has 5 heterocycles. The van der Waals surface area contributed by atoms with E-state index in [-0.39, 0.29) is 40.3 Å². The van der Waals surface area contributed by atoms with Crippen LogP contribution in [0.5, 0.6) is 0 Å². The lowest BCUT2D eigenvalue weighted by molar-refractivity contribution is -0.686.